The molecule has 3 nitrogen and oxygen atoms in total. The van der Waals surface area contributed by atoms with Crippen LogP contribution in [-0.2, 0) is 4.74 Å². The fourth-order valence-corrected chi connectivity index (χ4v) is 0.890. The van der Waals surface area contributed by atoms with E-state index in [2.05, 4.69) is 11.6 Å². The predicted molar refractivity (Wildman–Crippen MR) is 49.5 cm³/mol. The molecule has 0 atom stereocenters. The van der Waals surface area contributed by atoms with E-state index in [1.54, 1.807) is 18.3 Å². The summed E-state index contributed by atoms with van der Waals surface area (Å²) in [6, 6.07) is 3.31. The molecule has 0 aromatic carbocycles. The number of pyridine rings is 1. The van der Waals surface area contributed by atoms with E-state index in [1.807, 2.05) is 6.92 Å². The van der Waals surface area contributed by atoms with E-state index >= 15 is 0 Å². The molecule has 0 spiro atoms. The van der Waals surface area contributed by atoms with Crippen LogP contribution in [0.15, 0.2) is 31.0 Å². The van der Waals surface area contributed by atoms with Crippen molar-refractivity contribution in [3.63, 3.8) is 0 Å². The number of carbonyl (C=O) groups is 1. The van der Waals surface area contributed by atoms with Gasteiger partial charge in [-0.05, 0) is 19.1 Å². The third kappa shape index (κ3) is 2.71. The Hall–Kier alpha value is -1.64. The van der Waals surface area contributed by atoms with Crippen molar-refractivity contribution in [2.24, 2.45) is 0 Å². The number of hydrogen-bond acceptors (Lipinski definition) is 3. The number of esters is 1. The zero-order chi connectivity index (χ0) is 9.68. The quantitative estimate of drug-likeness (QED) is 0.521. The maximum absolute atomic E-state index is 11.3. The number of aryl methyl sites for hydroxylation is 1. The molecule has 0 aliphatic carbocycles. The number of hydrogen-bond donors (Lipinski definition) is 0. The highest BCUT2D eigenvalue weighted by Crippen LogP contribution is 2.02. The standard InChI is InChI=1S/C10H11NO2/c1-3-6-13-10(12)9-4-5-11-8(2)7-9/h3-5,7H,1,6H2,2H3. The fourth-order valence-electron chi connectivity index (χ4n) is 0.890. The summed E-state index contributed by atoms with van der Waals surface area (Å²) in [5.74, 6) is -0.342. The van der Waals surface area contributed by atoms with Crippen LogP contribution < -0.4 is 0 Å². The fraction of sp³-hybridized carbons (Fsp3) is 0.200. The molecule has 3 heteroatoms. The van der Waals surface area contributed by atoms with Gasteiger partial charge in [0.2, 0.25) is 0 Å². The Morgan fingerprint density at radius 2 is 2.54 bits per heavy atom. The second-order valence-corrected chi connectivity index (χ2v) is 2.57. The van der Waals surface area contributed by atoms with Crippen LogP contribution in [0.5, 0.6) is 0 Å². The van der Waals surface area contributed by atoms with E-state index in [4.69, 9.17) is 4.74 Å². The second-order valence-electron chi connectivity index (χ2n) is 2.57. The molecule has 1 heterocycles. The van der Waals surface area contributed by atoms with Crippen LogP contribution in [0.25, 0.3) is 0 Å². The first kappa shape index (κ1) is 9.45. The van der Waals surface area contributed by atoms with Crippen LogP contribution in [0.2, 0.25) is 0 Å². The first-order chi connectivity index (χ1) is 6.24. The van der Waals surface area contributed by atoms with Gasteiger partial charge < -0.3 is 4.74 Å². The lowest BCUT2D eigenvalue weighted by Gasteiger charge is -2.01. The lowest BCUT2D eigenvalue weighted by Crippen LogP contribution is -2.05. The summed E-state index contributed by atoms with van der Waals surface area (Å²) in [6.45, 7) is 5.51. The minimum absolute atomic E-state index is 0.236. The topological polar surface area (TPSA) is 39.2 Å². The van der Waals surface area contributed by atoms with Gasteiger partial charge in [0.25, 0.3) is 0 Å². The highest BCUT2D eigenvalue weighted by atomic mass is 16.5. The van der Waals surface area contributed by atoms with Crippen LogP contribution in [0.4, 0.5) is 0 Å². The minimum atomic E-state index is -0.342. The zero-order valence-electron chi connectivity index (χ0n) is 7.49. The van der Waals surface area contributed by atoms with E-state index in [9.17, 15) is 4.79 Å². The Morgan fingerprint density at radius 1 is 1.77 bits per heavy atom. The van der Waals surface area contributed by atoms with Crippen molar-refractivity contribution in [2.75, 3.05) is 6.61 Å². The van der Waals surface area contributed by atoms with Crippen molar-refractivity contribution in [3.8, 4) is 0 Å². The summed E-state index contributed by atoms with van der Waals surface area (Å²) >= 11 is 0. The summed E-state index contributed by atoms with van der Waals surface area (Å²) in [4.78, 5) is 15.2. The van der Waals surface area contributed by atoms with E-state index in [0.717, 1.165) is 5.69 Å². The van der Waals surface area contributed by atoms with Gasteiger partial charge in [0.15, 0.2) is 0 Å². The Morgan fingerprint density at radius 3 is 3.15 bits per heavy atom. The smallest absolute Gasteiger partial charge is 0.338 e. The average Bonchev–Trinajstić information content (AvgIpc) is 2.14. The average molecular weight is 177 g/mol. The third-order valence-electron chi connectivity index (χ3n) is 1.46. The number of carbonyl (C=O) groups excluding carboxylic acids is 1. The van der Waals surface area contributed by atoms with Gasteiger partial charge in [-0.25, -0.2) is 4.79 Å². The Labute approximate surface area is 77.1 Å². The molecule has 68 valence electrons. The highest BCUT2D eigenvalue weighted by molar-refractivity contribution is 5.89. The van der Waals surface area contributed by atoms with Gasteiger partial charge >= 0.3 is 5.97 Å². The SMILES string of the molecule is C=CCOC(=O)c1ccnc(C)c1. The predicted octanol–water partition coefficient (Wildman–Crippen LogP) is 1.73. The van der Waals surface area contributed by atoms with Crippen LogP contribution in [0.1, 0.15) is 16.1 Å². The normalized spacial score (nSPS) is 9.31. The van der Waals surface area contributed by atoms with Gasteiger partial charge in [-0.15, -0.1) is 0 Å². The van der Waals surface area contributed by atoms with Gasteiger partial charge in [0.1, 0.15) is 6.61 Å². The Bertz CT molecular complexity index is 320. The van der Waals surface area contributed by atoms with Gasteiger partial charge in [0, 0.05) is 11.9 Å². The number of rotatable bonds is 3. The van der Waals surface area contributed by atoms with Crippen molar-refractivity contribution < 1.29 is 9.53 Å². The molecule has 1 aromatic rings. The lowest BCUT2D eigenvalue weighted by molar-refractivity contribution is 0.0549. The Balaban J connectivity index is 2.71. The molecular weight excluding hydrogens is 166 g/mol. The number of aromatic nitrogens is 1. The first-order valence-corrected chi connectivity index (χ1v) is 3.94. The van der Waals surface area contributed by atoms with Gasteiger partial charge in [-0.3, -0.25) is 4.98 Å². The summed E-state index contributed by atoms with van der Waals surface area (Å²) in [7, 11) is 0. The molecular formula is C10H11NO2. The highest BCUT2D eigenvalue weighted by Gasteiger charge is 2.05. The van der Waals surface area contributed by atoms with Gasteiger partial charge in [0.05, 0.1) is 5.56 Å². The molecule has 0 saturated heterocycles. The molecule has 13 heavy (non-hydrogen) atoms. The summed E-state index contributed by atoms with van der Waals surface area (Å²) in [5, 5.41) is 0. The van der Waals surface area contributed by atoms with Crippen LogP contribution >= 0.6 is 0 Å². The van der Waals surface area contributed by atoms with E-state index < -0.39 is 0 Å². The van der Waals surface area contributed by atoms with Crippen molar-refractivity contribution in [1.82, 2.24) is 4.98 Å². The van der Waals surface area contributed by atoms with Gasteiger partial charge in [-0.2, -0.15) is 0 Å². The third-order valence-corrected chi connectivity index (χ3v) is 1.46. The maximum Gasteiger partial charge on any atom is 0.338 e. The lowest BCUT2D eigenvalue weighted by atomic mass is 10.2. The van der Waals surface area contributed by atoms with Gasteiger partial charge in [-0.1, -0.05) is 12.7 Å². The molecule has 0 amide bonds. The molecule has 0 bridgehead atoms. The molecule has 1 aromatic heterocycles. The van der Waals surface area contributed by atoms with Crippen molar-refractivity contribution >= 4 is 5.97 Å². The Kier molecular flexibility index (Phi) is 3.20. The van der Waals surface area contributed by atoms with E-state index in [0.29, 0.717) is 5.56 Å². The van der Waals surface area contributed by atoms with E-state index in [1.165, 1.54) is 6.08 Å². The van der Waals surface area contributed by atoms with E-state index in [-0.39, 0.29) is 12.6 Å². The molecule has 0 N–H and O–H groups in total. The van der Waals surface area contributed by atoms with Crippen molar-refractivity contribution in [3.05, 3.63) is 42.2 Å². The number of ether oxygens (including phenoxy) is 1. The van der Waals surface area contributed by atoms with Crippen LogP contribution in [-0.4, -0.2) is 17.6 Å². The molecule has 0 aliphatic heterocycles. The van der Waals surface area contributed by atoms with Crippen molar-refractivity contribution in [1.29, 1.82) is 0 Å². The molecule has 0 unspecified atom stereocenters. The largest absolute Gasteiger partial charge is 0.458 e. The molecule has 0 aliphatic rings. The summed E-state index contributed by atoms with van der Waals surface area (Å²) < 4.78 is 4.85. The summed E-state index contributed by atoms with van der Waals surface area (Å²) in [6.07, 6.45) is 3.12. The molecule has 1 rings (SSSR count). The molecule has 0 radical (unpaired) electrons. The van der Waals surface area contributed by atoms with Crippen LogP contribution in [0.3, 0.4) is 0 Å². The zero-order valence-corrected chi connectivity index (χ0v) is 7.49. The monoisotopic (exact) mass is 177 g/mol. The van der Waals surface area contributed by atoms with Crippen molar-refractivity contribution in [2.45, 2.75) is 6.92 Å². The van der Waals surface area contributed by atoms with Crippen LogP contribution in [0, 0.1) is 6.92 Å². The second kappa shape index (κ2) is 4.40. The maximum atomic E-state index is 11.3. The minimum Gasteiger partial charge on any atom is -0.458 e. The summed E-state index contributed by atoms with van der Waals surface area (Å²) in [5.41, 5.74) is 1.32. The molecule has 0 saturated carbocycles. The first-order valence-electron chi connectivity index (χ1n) is 3.94. The molecule has 0 fully saturated rings. The number of nitrogens with zero attached hydrogens (tertiary/aromatic N) is 1.